The van der Waals surface area contributed by atoms with Crippen LogP contribution in [0.4, 0.5) is 0 Å². The van der Waals surface area contributed by atoms with E-state index < -0.39 is 10.0 Å². The minimum atomic E-state index is -3.58. The van der Waals surface area contributed by atoms with Crippen molar-refractivity contribution in [2.24, 2.45) is 0 Å². The molecule has 0 spiro atoms. The second kappa shape index (κ2) is 3.61. The number of benzene rings is 1. The summed E-state index contributed by atoms with van der Waals surface area (Å²) in [4.78, 5) is 2.42. The Bertz CT molecular complexity index is 516. The Morgan fingerprint density at radius 1 is 1.40 bits per heavy atom. The van der Waals surface area contributed by atoms with Crippen molar-refractivity contribution in [3.63, 3.8) is 0 Å². The number of sulfonamides is 1. The van der Waals surface area contributed by atoms with Gasteiger partial charge in [0.05, 0.1) is 10.0 Å². The molecule has 1 aliphatic heterocycles. The van der Waals surface area contributed by atoms with E-state index in [1.807, 2.05) is 0 Å². The lowest BCUT2D eigenvalue weighted by molar-refractivity contribution is 0.276. The molecule has 0 bridgehead atoms. The Balaban J connectivity index is 2.75. The lowest BCUT2D eigenvalue weighted by atomic mass is 10.2. The summed E-state index contributed by atoms with van der Waals surface area (Å²) in [6.45, 7) is 0.464. The van der Waals surface area contributed by atoms with Crippen LogP contribution in [0.5, 0.6) is 0 Å². The normalized spacial score (nSPS) is 19.9. The highest BCUT2D eigenvalue weighted by atomic mass is 35.5. The number of fused-ring (bicyclic) bond motifs is 1. The first kappa shape index (κ1) is 11.2. The van der Waals surface area contributed by atoms with Crippen molar-refractivity contribution in [3.8, 4) is 0 Å². The van der Waals surface area contributed by atoms with Crippen LogP contribution in [0.25, 0.3) is 0 Å². The van der Waals surface area contributed by atoms with Crippen molar-refractivity contribution >= 4 is 33.2 Å². The maximum atomic E-state index is 11.8. The van der Waals surface area contributed by atoms with E-state index in [-0.39, 0.29) is 14.9 Å². The van der Waals surface area contributed by atoms with Gasteiger partial charge in [0.1, 0.15) is 4.90 Å². The van der Waals surface area contributed by atoms with Crippen molar-refractivity contribution in [3.05, 3.63) is 27.7 Å². The molecule has 1 aromatic rings. The number of rotatable bonds is 0. The topological polar surface area (TPSA) is 49.4 Å². The van der Waals surface area contributed by atoms with E-state index in [9.17, 15) is 8.42 Å². The first-order valence-electron chi connectivity index (χ1n) is 4.12. The highest BCUT2D eigenvalue weighted by Gasteiger charge is 2.29. The molecule has 0 aromatic heterocycles. The van der Waals surface area contributed by atoms with E-state index in [4.69, 9.17) is 23.2 Å². The van der Waals surface area contributed by atoms with E-state index in [2.05, 4.69) is 4.83 Å². The van der Waals surface area contributed by atoms with Crippen LogP contribution in [-0.4, -0.2) is 20.5 Å². The van der Waals surface area contributed by atoms with Crippen molar-refractivity contribution < 1.29 is 8.42 Å². The van der Waals surface area contributed by atoms with Gasteiger partial charge in [-0.25, -0.2) is 13.4 Å². The molecule has 4 nitrogen and oxygen atoms in total. The third-order valence-electron chi connectivity index (χ3n) is 2.08. The van der Waals surface area contributed by atoms with Crippen molar-refractivity contribution in [1.29, 1.82) is 0 Å². The molecule has 0 saturated heterocycles. The molecule has 1 aliphatic rings. The summed E-state index contributed by atoms with van der Waals surface area (Å²) in [5.74, 6) is 0. The molecule has 0 saturated carbocycles. The standard InChI is InChI=1S/C8H8Cl2N2O2S/c1-12-4-5-2-3-6(9)7(10)8(5)15(13,14)11-12/h2-3,11H,4H2,1H3. The van der Waals surface area contributed by atoms with Crippen LogP contribution < -0.4 is 4.83 Å². The maximum Gasteiger partial charge on any atom is 0.255 e. The molecule has 0 atom stereocenters. The number of hydrogen-bond donors (Lipinski definition) is 1. The monoisotopic (exact) mass is 266 g/mol. The fourth-order valence-corrected chi connectivity index (χ4v) is 3.62. The molecule has 1 aromatic carbocycles. The molecule has 0 aliphatic carbocycles. The quantitative estimate of drug-likeness (QED) is 0.777. The Kier molecular flexibility index (Phi) is 2.68. The van der Waals surface area contributed by atoms with Crippen molar-refractivity contribution in [2.45, 2.75) is 11.4 Å². The molecular weight excluding hydrogens is 259 g/mol. The fraction of sp³-hybridized carbons (Fsp3) is 0.250. The first-order valence-corrected chi connectivity index (χ1v) is 6.36. The Morgan fingerprint density at radius 3 is 2.73 bits per heavy atom. The van der Waals surface area contributed by atoms with Crippen LogP contribution in [0, 0.1) is 0 Å². The van der Waals surface area contributed by atoms with Crippen LogP contribution in [0.1, 0.15) is 5.56 Å². The molecule has 7 heteroatoms. The predicted octanol–water partition coefficient (Wildman–Crippen LogP) is 1.63. The van der Waals surface area contributed by atoms with Crippen molar-refractivity contribution in [2.75, 3.05) is 7.05 Å². The Morgan fingerprint density at radius 2 is 2.07 bits per heavy atom. The summed E-state index contributed by atoms with van der Waals surface area (Å²) in [5.41, 5.74) is 0.644. The third kappa shape index (κ3) is 1.86. The lowest BCUT2D eigenvalue weighted by Crippen LogP contribution is -2.43. The van der Waals surface area contributed by atoms with Gasteiger partial charge < -0.3 is 0 Å². The third-order valence-corrected chi connectivity index (χ3v) is 4.56. The minimum Gasteiger partial charge on any atom is -0.229 e. The molecule has 0 amide bonds. The number of halogens is 2. The van der Waals surface area contributed by atoms with Crippen molar-refractivity contribution in [1.82, 2.24) is 9.84 Å². The zero-order valence-corrected chi connectivity index (χ0v) is 10.1. The summed E-state index contributed by atoms with van der Waals surface area (Å²) in [5, 5.41) is 1.79. The van der Waals surface area contributed by atoms with Crippen LogP contribution in [0.2, 0.25) is 10.0 Å². The molecule has 1 N–H and O–H groups in total. The lowest BCUT2D eigenvalue weighted by Gasteiger charge is -2.26. The Labute approximate surface area is 97.8 Å². The number of hydrogen-bond acceptors (Lipinski definition) is 3. The predicted molar refractivity (Wildman–Crippen MR) is 58.3 cm³/mol. The molecule has 2 rings (SSSR count). The first-order chi connectivity index (χ1) is 6.92. The molecule has 0 fully saturated rings. The molecule has 0 unspecified atom stereocenters. The largest absolute Gasteiger partial charge is 0.255 e. The van der Waals surface area contributed by atoms with E-state index in [1.165, 1.54) is 5.01 Å². The Hall–Kier alpha value is -0.330. The van der Waals surface area contributed by atoms with Gasteiger partial charge in [0.15, 0.2) is 0 Å². The summed E-state index contributed by atoms with van der Waals surface area (Å²) in [6.07, 6.45) is 0. The zero-order valence-electron chi connectivity index (χ0n) is 7.79. The number of nitrogens with one attached hydrogen (secondary N) is 1. The van der Waals surface area contributed by atoms with Gasteiger partial charge in [-0.1, -0.05) is 29.3 Å². The second-order valence-electron chi connectivity index (χ2n) is 3.30. The van der Waals surface area contributed by atoms with Gasteiger partial charge in [-0.05, 0) is 11.6 Å². The van der Waals surface area contributed by atoms with Crippen LogP contribution in [0.15, 0.2) is 17.0 Å². The summed E-state index contributed by atoms with van der Waals surface area (Å²) in [7, 11) is -1.94. The average molecular weight is 267 g/mol. The van der Waals surface area contributed by atoms with Crippen LogP contribution in [-0.2, 0) is 16.6 Å². The van der Waals surface area contributed by atoms with Gasteiger partial charge >= 0.3 is 0 Å². The van der Waals surface area contributed by atoms with Gasteiger partial charge in [-0.2, -0.15) is 0 Å². The molecular formula is C8H8Cl2N2O2S. The number of nitrogens with zero attached hydrogens (tertiary/aromatic N) is 1. The average Bonchev–Trinajstić information content (AvgIpc) is 2.08. The summed E-state index contributed by atoms with van der Waals surface area (Å²) >= 11 is 11.6. The van der Waals surface area contributed by atoms with Gasteiger partial charge in [-0.15, -0.1) is 4.83 Å². The second-order valence-corrected chi connectivity index (χ2v) is 5.68. The summed E-state index contributed by atoms with van der Waals surface area (Å²) in [6, 6.07) is 3.26. The van der Waals surface area contributed by atoms with Gasteiger partial charge in [-0.3, -0.25) is 0 Å². The van der Waals surface area contributed by atoms with E-state index in [0.717, 1.165) is 0 Å². The number of hydrazine groups is 1. The molecule has 82 valence electrons. The van der Waals surface area contributed by atoms with E-state index in [1.54, 1.807) is 19.2 Å². The zero-order chi connectivity index (χ0) is 11.2. The minimum absolute atomic E-state index is 0.0785. The van der Waals surface area contributed by atoms with Crippen LogP contribution >= 0.6 is 23.2 Å². The van der Waals surface area contributed by atoms with E-state index in [0.29, 0.717) is 12.1 Å². The molecule has 1 heterocycles. The SMILES string of the molecule is CN1Cc2ccc(Cl)c(Cl)c2S(=O)(=O)N1. The molecule has 15 heavy (non-hydrogen) atoms. The summed E-state index contributed by atoms with van der Waals surface area (Å²) < 4.78 is 23.5. The molecule has 0 radical (unpaired) electrons. The van der Waals surface area contributed by atoms with E-state index >= 15 is 0 Å². The highest BCUT2D eigenvalue weighted by Crippen LogP contribution is 2.34. The van der Waals surface area contributed by atoms with Gasteiger partial charge in [0, 0.05) is 13.6 Å². The fourth-order valence-electron chi connectivity index (χ4n) is 1.53. The van der Waals surface area contributed by atoms with Gasteiger partial charge in [0.25, 0.3) is 10.0 Å². The highest BCUT2D eigenvalue weighted by molar-refractivity contribution is 7.89. The maximum absolute atomic E-state index is 11.8. The van der Waals surface area contributed by atoms with Gasteiger partial charge in [0.2, 0.25) is 0 Å². The smallest absolute Gasteiger partial charge is 0.229 e. The van der Waals surface area contributed by atoms with Crippen LogP contribution in [0.3, 0.4) is 0 Å².